The van der Waals surface area contributed by atoms with Crippen LogP contribution in [0.4, 0.5) is 0 Å². The first-order valence-electron chi connectivity index (χ1n) is 3.78. The summed E-state index contributed by atoms with van der Waals surface area (Å²) in [5, 5.41) is 0. The lowest BCUT2D eigenvalue weighted by molar-refractivity contribution is -0.140. The van der Waals surface area contributed by atoms with Gasteiger partial charge in [0.25, 0.3) is 0 Å². The van der Waals surface area contributed by atoms with Crippen LogP contribution in [0.15, 0.2) is 0 Å². The van der Waals surface area contributed by atoms with Gasteiger partial charge < -0.3 is 10.5 Å². The maximum absolute atomic E-state index is 11.0. The number of amides is 1. The molecule has 0 atom stereocenters. The molecule has 0 heterocycles. The van der Waals surface area contributed by atoms with Gasteiger partial charge in [0.1, 0.15) is 0 Å². The molecule has 14 heavy (non-hydrogen) atoms. The van der Waals surface area contributed by atoms with Gasteiger partial charge in [-0.2, -0.15) is 0 Å². The smallest absolute Gasteiger partial charge is 0.322 e. The molecule has 0 aliphatic rings. The van der Waals surface area contributed by atoms with Crippen molar-refractivity contribution in [2.75, 3.05) is 18.9 Å². The molecule has 0 saturated carbocycles. The number of rotatable bonds is 6. The first kappa shape index (κ1) is 12.8. The van der Waals surface area contributed by atoms with Crippen LogP contribution in [-0.4, -0.2) is 39.2 Å². The zero-order valence-electron chi connectivity index (χ0n) is 7.65. The highest BCUT2D eigenvalue weighted by molar-refractivity contribution is 7.90. The van der Waals surface area contributed by atoms with Crippen molar-refractivity contribution in [1.29, 1.82) is 0 Å². The summed E-state index contributed by atoms with van der Waals surface area (Å²) in [4.78, 5) is 21.0. The van der Waals surface area contributed by atoms with Crippen LogP contribution in [0, 0.1) is 0 Å². The summed E-state index contributed by atoms with van der Waals surface area (Å²) in [6.45, 7) is 1.13. The summed E-state index contributed by atoms with van der Waals surface area (Å²) < 4.78 is 28.3. The van der Waals surface area contributed by atoms with Gasteiger partial charge in [-0.3, -0.25) is 9.59 Å². The molecule has 0 spiro atoms. The fraction of sp³-hybridized carbons (Fsp3) is 0.667. The van der Waals surface area contributed by atoms with E-state index in [1.807, 2.05) is 4.72 Å². The molecule has 82 valence electrons. The Morgan fingerprint density at radius 3 is 2.43 bits per heavy atom. The zero-order chi connectivity index (χ0) is 11.2. The second kappa shape index (κ2) is 5.55. The molecule has 0 radical (unpaired) electrons. The number of hydrogen-bond donors (Lipinski definition) is 2. The average molecular weight is 224 g/mol. The van der Waals surface area contributed by atoms with Crippen LogP contribution in [-0.2, 0) is 24.3 Å². The van der Waals surface area contributed by atoms with E-state index in [9.17, 15) is 18.0 Å². The third kappa shape index (κ3) is 6.38. The second-order valence-electron chi connectivity index (χ2n) is 2.35. The van der Waals surface area contributed by atoms with E-state index < -0.39 is 34.2 Å². The number of ether oxygens (including phenoxy) is 1. The van der Waals surface area contributed by atoms with Gasteiger partial charge in [-0.05, 0) is 6.92 Å². The first-order chi connectivity index (χ1) is 6.37. The van der Waals surface area contributed by atoms with Crippen molar-refractivity contribution in [3.05, 3.63) is 0 Å². The van der Waals surface area contributed by atoms with E-state index in [2.05, 4.69) is 4.74 Å². The maximum atomic E-state index is 11.0. The van der Waals surface area contributed by atoms with Crippen LogP contribution in [0.2, 0.25) is 0 Å². The summed E-state index contributed by atoms with van der Waals surface area (Å²) >= 11 is 0. The second-order valence-corrected chi connectivity index (χ2v) is 4.16. The number of carbonyl (C=O) groups excluding carboxylic acids is 2. The van der Waals surface area contributed by atoms with Crippen molar-refractivity contribution in [2.24, 2.45) is 5.73 Å². The Morgan fingerprint density at radius 1 is 1.43 bits per heavy atom. The van der Waals surface area contributed by atoms with Gasteiger partial charge >= 0.3 is 5.97 Å². The normalized spacial score (nSPS) is 10.9. The van der Waals surface area contributed by atoms with Gasteiger partial charge in [0.05, 0.1) is 13.2 Å². The molecule has 8 heteroatoms. The van der Waals surface area contributed by atoms with Gasteiger partial charge in [0.2, 0.25) is 15.9 Å². The molecule has 0 aliphatic carbocycles. The molecule has 3 N–H and O–H groups in total. The Morgan fingerprint density at radius 2 is 2.00 bits per heavy atom. The van der Waals surface area contributed by atoms with E-state index >= 15 is 0 Å². The van der Waals surface area contributed by atoms with Crippen LogP contribution in [0.5, 0.6) is 0 Å². The summed E-state index contributed by atoms with van der Waals surface area (Å²) in [5.74, 6) is -2.50. The molecule has 0 aliphatic heterocycles. The molecule has 0 unspecified atom stereocenters. The van der Waals surface area contributed by atoms with Gasteiger partial charge in [-0.15, -0.1) is 0 Å². The predicted molar refractivity (Wildman–Crippen MR) is 47.6 cm³/mol. The lowest BCUT2D eigenvalue weighted by Gasteiger charge is -2.03. The molecular formula is C6H12N2O5S. The van der Waals surface area contributed by atoms with Crippen molar-refractivity contribution in [3.63, 3.8) is 0 Å². The molecule has 0 saturated heterocycles. The largest absolute Gasteiger partial charge is 0.465 e. The van der Waals surface area contributed by atoms with Crippen molar-refractivity contribution < 1.29 is 22.7 Å². The summed E-state index contributed by atoms with van der Waals surface area (Å²) in [5.41, 5.74) is 4.71. The minimum Gasteiger partial charge on any atom is -0.465 e. The maximum Gasteiger partial charge on any atom is 0.322 e. The first-order valence-corrected chi connectivity index (χ1v) is 5.44. The van der Waals surface area contributed by atoms with Gasteiger partial charge in [0.15, 0.2) is 5.75 Å². The van der Waals surface area contributed by atoms with E-state index in [4.69, 9.17) is 5.73 Å². The molecule has 0 aromatic carbocycles. The summed E-state index contributed by atoms with van der Waals surface area (Å²) in [6, 6.07) is 0. The fourth-order valence-corrected chi connectivity index (χ4v) is 1.45. The zero-order valence-corrected chi connectivity index (χ0v) is 8.46. The number of sulfonamides is 1. The SMILES string of the molecule is CCOC(=O)CS(=O)(=O)NCC(N)=O. The molecule has 0 aromatic heterocycles. The monoisotopic (exact) mass is 224 g/mol. The standard InChI is InChI=1S/C6H12N2O5S/c1-2-13-6(10)4-14(11,12)8-3-5(7)9/h8H,2-4H2,1H3,(H2,7,9). The Labute approximate surface area is 81.7 Å². The number of esters is 1. The number of carbonyl (C=O) groups is 2. The Kier molecular flexibility index (Phi) is 5.10. The molecular weight excluding hydrogens is 212 g/mol. The summed E-state index contributed by atoms with van der Waals surface area (Å²) in [7, 11) is -3.82. The number of nitrogens with one attached hydrogen (secondary N) is 1. The van der Waals surface area contributed by atoms with E-state index in [0.717, 1.165) is 0 Å². The van der Waals surface area contributed by atoms with Crippen LogP contribution < -0.4 is 10.5 Å². The molecule has 0 aromatic rings. The van der Waals surface area contributed by atoms with E-state index in [1.54, 1.807) is 6.92 Å². The third-order valence-corrected chi connectivity index (χ3v) is 2.28. The fourth-order valence-electron chi connectivity index (χ4n) is 0.590. The van der Waals surface area contributed by atoms with Crippen molar-refractivity contribution in [3.8, 4) is 0 Å². The lowest BCUT2D eigenvalue weighted by Crippen LogP contribution is -2.37. The van der Waals surface area contributed by atoms with E-state index in [0.29, 0.717) is 0 Å². The van der Waals surface area contributed by atoms with E-state index in [-0.39, 0.29) is 6.61 Å². The molecule has 0 rings (SSSR count). The molecule has 0 fully saturated rings. The Hall–Kier alpha value is -1.15. The quantitative estimate of drug-likeness (QED) is 0.504. The van der Waals surface area contributed by atoms with Gasteiger partial charge in [-0.25, -0.2) is 13.1 Å². The van der Waals surface area contributed by atoms with Crippen LogP contribution in [0.1, 0.15) is 6.92 Å². The number of nitrogens with two attached hydrogens (primary N) is 1. The third-order valence-electron chi connectivity index (χ3n) is 1.08. The van der Waals surface area contributed by atoms with E-state index in [1.165, 1.54) is 0 Å². The predicted octanol–water partition coefficient (Wildman–Crippen LogP) is -2.05. The summed E-state index contributed by atoms with van der Waals surface area (Å²) in [6.07, 6.45) is 0. The topological polar surface area (TPSA) is 116 Å². The Bertz CT molecular complexity index is 310. The Balaban J connectivity index is 4.08. The van der Waals surface area contributed by atoms with Crippen molar-refractivity contribution >= 4 is 21.9 Å². The van der Waals surface area contributed by atoms with Crippen molar-refractivity contribution in [1.82, 2.24) is 4.72 Å². The minimum atomic E-state index is -3.82. The highest BCUT2D eigenvalue weighted by atomic mass is 32.2. The van der Waals surface area contributed by atoms with Crippen molar-refractivity contribution in [2.45, 2.75) is 6.92 Å². The number of hydrogen-bond acceptors (Lipinski definition) is 5. The minimum absolute atomic E-state index is 0.101. The van der Waals surface area contributed by atoms with Gasteiger partial charge in [-0.1, -0.05) is 0 Å². The van der Waals surface area contributed by atoms with Crippen LogP contribution in [0.3, 0.4) is 0 Å². The van der Waals surface area contributed by atoms with Crippen LogP contribution >= 0.6 is 0 Å². The molecule has 7 nitrogen and oxygen atoms in total. The highest BCUT2D eigenvalue weighted by Crippen LogP contribution is 1.87. The average Bonchev–Trinajstić information content (AvgIpc) is 2.00. The van der Waals surface area contributed by atoms with Gasteiger partial charge in [0, 0.05) is 0 Å². The lowest BCUT2D eigenvalue weighted by atomic mass is 10.7. The number of primary amides is 1. The molecule has 1 amide bonds. The van der Waals surface area contributed by atoms with Crippen LogP contribution in [0.25, 0.3) is 0 Å². The molecule has 0 bridgehead atoms. The highest BCUT2D eigenvalue weighted by Gasteiger charge is 2.17.